The molecule has 6 nitrogen and oxygen atoms in total. The predicted molar refractivity (Wildman–Crippen MR) is 94.5 cm³/mol. The van der Waals surface area contributed by atoms with Gasteiger partial charge in [-0.25, -0.2) is 0 Å². The molecular formula is C17H22N4O2S. The van der Waals surface area contributed by atoms with E-state index in [2.05, 4.69) is 20.8 Å². The van der Waals surface area contributed by atoms with Crippen LogP contribution in [0.4, 0.5) is 5.69 Å². The van der Waals surface area contributed by atoms with Crippen LogP contribution < -0.4 is 10.6 Å². The second-order valence-corrected chi connectivity index (χ2v) is 6.89. The van der Waals surface area contributed by atoms with Crippen LogP contribution >= 0.6 is 11.8 Å². The smallest absolute Gasteiger partial charge is 0.226 e. The summed E-state index contributed by atoms with van der Waals surface area (Å²) in [5, 5.41) is 13.5. The highest BCUT2D eigenvalue weighted by molar-refractivity contribution is 7.99. The van der Waals surface area contributed by atoms with Gasteiger partial charge < -0.3 is 15.4 Å². The van der Waals surface area contributed by atoms with Gasteiger partial charge >= 0.3 is 0 Å². The van der Waals surface area contributed by atoms with Crippen LogP contribution in [0.3, 0.4) is 0 Å². The maximum atomic E-state index is 12.3. The third-order valence-corrected chi connectivity index (χ3v) is 5.25. The van der Waals surface area contributed by atoms with Crippen molar-refractivity contribution in [2.45, 2.75) is 36.1 Å². The maximum Gasteiger partial charge on any atom is 0.226 e. The summed E-state index contributed by atoms with van der Waals surface area (Å²) in [6.07, 6.45) is 0.406. The maximum absolute atomic E-state index is 12.3. The number of aromatic nitrogens is 2. The molecule has 3 N–H and O–H groups in total. The largest absolute Gasteiger partial charge is 0.378 e. The molecule has 1 aromatic carbocycles. The second-order valence-electron chi connectivity index (χ2n) is 5.84. The standard InChI is InChI=1S/C17H22N4O2S/c1-11-17(12(2)21-20-11)24-15-6-4-3-5-14(15)19-16(22)9-13-10-23-8-7-18-13/h3-6,13,18H,7-10H2,1-2H3,(H,19,22)(H,20,21). The number of rotatable bonds is 5. The van der Waals surface area contributed by atoms with Gasteiger partial charge in [-0.1, -0.05) is 23.9 Å². The Balaban J connectivity index is 1.68. The monoisotopic (exact) mass is 346 g/mol. The lowest BCUT2D eigenvalue weighted by atomic mass is 10.2. The summed E-state index contributed by atoms with van der Waals surface area (Å²) >= 11 is 1.61. The fraction of sp³-hybridized carbons (Fsp3) is 0.412. The van der Waals surface area contributed by atoms with E-state index >= 15 is 0 Å². The molecule has 1 aromatic heterocycles. The van der Waals surface area contributed by atoms with Gasteiger partial charge in [0.1, 0.15) is 0 Å². The number of ether oxygens (including phenoxy) is 1. The number of hydrogen-bond acceptors (Lipinski definition) is 5. The van der Waals surface area contributed by atoms with Crippen molar-refractivity contribution in [2.75, 3.05) is 25.1 Å². The molecule has 7 heteroatoms. The van der Waals surface area contributed by atoms with Crippen molar-refractivity contribution in [3.63, 3.8) is 0 Å². The average molecular weight is 346 g/mol. The number of hydrogen-bond donors (Lipinski definition) is 3. The molecule has 2 heterocycles. The molecule has 0 aliphatic carbocycles. The Morgan fingerprint density at radius 3 is 2.96 bits per heavy atom. The van der Waals surface area contributed by atoms with E-state index in [4.69, 9.17) is 4.74 Å². The van der Waals surface area contributed by atoms with Gasteiger partial charge in [0, 0.05) is 29.6 Å². The van der Waals surface area contributed by atoms with Crippen molar-refractivity contribution < 1.29 is 9.53 Å². The number of para-hydroxylation sites is 1. The van der Waals surface area contributed by atoms with E-state index in [1.165, 1.54) is 0 Å². The molecule has 0 bridgehead atoms. The summed E-state index contributed by atoms with van der Waals surface area (Å²) < 4.78 is 5.40. The molecule has 128 valence electrons. The van der Waals surface area contributed by atoms with Crippen molar-refractivity contribution in [2.24, 2.45) is 0 Å². The van der Waals surface area contributed by atoms with Gasteiger partial charge in [-0.2, -0.15) is 5.10 Å². The van der Waals surface area contributed by atoms with Gasteiger partial charge in [0.15, 0.2) is 0 Å². The van der Waals surface area contributed by atoms with Crippen LogP contribution in [0.15, 0.2) is 34.1 Å². The number of morpholine rings is 1. The molecule has 0 saturated carbocycles. The third kappa shape index (κ3) is 4.17. The summed E-state index contributed by atoms with van der Waals surface area (Å²) in [6.45, 7) is 6.06. The fourth-order valence-corrected chi connectivity index (χ4v) is 3.62. The Labute approximate surface area is 145 Å². The molecule has 0 spiro atoms. The first kappa shape index (κ1) is 17.0. The molecule has 1 unspecified atom stereocenters. The minimum atomic E-state index is -0.00770. The van der Waals surface area contributed by atoms with Crippen LogP contribution in [0.2, 0.25) is 0 Å². The van der Waals surface area contributed by atoms with E-state index in [9.17, 15) is 4.79 Å². The van der Waals surface area contributed by atoms with Crippen LogP contribution in [-0.4, -0.2) is 41.9 Å². The van der Waals surface area contributed by atoms with Crippen LogP contribution in [0, 0.1) is 13.8 Å². The lowest BCUT2D eigenvalue weighted by Gasteiger charge is -2.23. The molecule has 0 radical (unpaired) electrons. The van der Waals surface area contributed by atoms with Crippen molar-refractivity contribution >= 4 is 23.4 Å². The zero-order valence-electron chi connectivity index (χ0n) is 13.9. The minimum absolute atomic E-state index is 0.00770. The highest BCUT2D eigenvalue weighted by Gasteiger charge is 2.18. The van der Waals surface area contributed by atoms with Gasteiger partial charge in [0.05, 0.1) is 29.5 Å². The molecule has 24 heavy (non-hydrogen) atoms. The van der Waals surface area contributed by atoms with Crippen LogP contribution in [0.1, 0.15) is 17.8 Å². The third-order valence-electron chi connectivity index (χ3n) is 3.86. The van der Waals surface area contributed by atoms with Crippen LogP contribution in [0.25, 0.3) is 0 Å². The zero-order valence-corrected chi connectivity index (χ0v) is 14.7. The van der Waals surface area contributed by atoms with Gasteiger partial charge in [0.25, 0.3) is 0 Å². The van der Waals surface area contributed by atoms with Crippen molar-refractivity contribution in [3.05, 3.63) is 35.7 Å². The lowest BCUT2D eigenvalue weighted by Crippen LogP contribution is -2.43. The van der Waals surface area contributed by atoms with E-state index in [0.29, 0.717) is 19.6 Å². The zero-order chi connectivity index (χ0) is 16.9. The SMILES string of the molecule is Cc1n[nH]c(C)c1Sc1ccccc1NC(=O)CC1COCCN1. The van der Waals surface area contributed by atoms with Crippen molar-refractivity contribution in [1.29, 1.82) is 0 Å². The van der Waals surface area contributed by atoms with E-state index in [-0.39, 0.29) is 11.9 Å². The van der Waals surface area contributed by atoms with Crippen LogP contribution in [0.5, 0.6) is 0 Å². The summed E-state index contributed by atoms with van der Waals surface area (Å²) in [7, 11) is 0. The highest BCUT2D eigenvalue weighted by atomic mass is 32.2. The number of nitrogens with one attached hydrogen (secondary N) is 3. The average Bonchev–Trinajstić information content (AvgIpc) is 2.89. The second kappa shape index (κ2) is 7.83. The molecule has 1 amide bonds. The summed E-state index contributed by atoms with van der Waals surface area (Å²) in [4.78, 5) is 14.4. The molecule has 1 fully saturated rings. The Hall–Kier alpha value is -1.83. The Bertz CT molecular complexity index is 691. The summed E-state index contributed by atoms with van der Waals surface area (Å²) in [5.74, 6) is -0.00770. The van der Waals surface area contributed by atoms with E-state index in [0.717, 1.165) is 33.4 Å². The van der Waals surface area contributed by atoms with E-state index < -0.39 is 0 Å². The molecule has 3 rings (SSSR count). The van der Waals surface area contributed by atoms with Gasteiger partial charge in [-0.3, -0.25) is 9.89 Å². The fourth-order valence-electron chi connectivity index (χ4n) is 2.64. The molecule has 1 aliphatic rings. The summed E-state index contributed by atoms with van der Waals surface area (Å²) in [5.41, 5.74) is 2.81. The Kier molecular flexibility index (Phi) is 5.55. The van der Waals surface area contributed by atoms with E-state index in [1.54, 1.807) is 11.8 Å². The Morgan fingerprint density at radius 2 is 2.25 bits per heavy atom. The number of benzene rings is 1. The molecule has 2 aromatic rings. The summed E-state index contributed by atoms with van der Waals surface area (Å²) in [6, 6.07) is 7.91. The van der Waals surface area contributed by atoms with E-state index in [1.807, 2.05) is 38.1 Å². The number of H-pyrrole nitrogens is 1. The first-order valence-electron chi connectivity index (χ1n) is 8.03. The van der Waals surface area contributed by atoms with Crippen molar-refractivity contribution in [3.8, 4) is 0 Å². The number of amides is 1. The normalized spacial score (nSPS) is 17.7. The molecule has 1 aliphatic heterocycles. The van der Waals surface area contributed by atoms with Crippen LogP contribution in [-0.2, 0) is 9.53 Å². The number of anilines is 1. The molecule has 1 saturated heterocycles. The predicted octanol–water partition coefficient (Wildman–Crippen LogP) is 2.49. The van der Waals surface area contributed by atoms with Gasteiger partial charge in [0.2, 0.25) is 5.91 Å². The van der Waals surface area contributed by atoms with Gasteiger partial charge in [-0.15, -0.1) is 0 Å². The highest BCUT2D eigenvalue weighted by Crippen LogP contribution is 2.36. The number of nitrogens with zero attached hydrogens (tertiary/aromatic N) is 1. The Morgan fingerprint density at radius 1 is 1.42 bits per heavy atom. The first-order valence-corrected chi connectivity index (χ1v) is 8.84. The number of aryl methyl sites for hydroxylation is 2. The molecule has 1 atom stereocenters. The quantitative estimate of drug-likeness (QED) is 0.775. The topological polar surface area (TPSA) is 79.0 Å². The number of carbonyl (C=O) groups excluding carboxylic acids is 1. The first-order chi connectivity index (χ1) is 11.6. The number of aromatic amines is 1. The van der Waals surface area contributed by atoms with Gasteiger partial charge in [-0.05, 0) is 26.0 Å². The van der Waals surface area contributed by atoms with Crippen molar-refractivity contribution in [1.82, 2.24) is 15.5 Å². The lowest BCUT2D eigenvalue weighted by molar-refractivity contribution is -0.117. The molecular weight excluding hydrogens is 324 g/mol. The minimum Gasteiger partial charge on any atom is -0.378 e. The number of carbonyl (C=O) groups is 1.